The largest absolute Gasteiger partial charge is 0.243 e. The predicted molar refractivity (Wildman–Crippen MR) is 116 cm³/mol. The first-order chi connectivity index (χ1) is 14.4. The molecule has 0 atom stereocenters. The number of fused-ring (bicyclic) bond motifs is 3. The molecule has 0 unspecified atom stereocenters. The summed E-state index contributed by atoms with van der Waals surface area (Å²) in [6.07, 6.45) is 2.35. The Hall–Kier alpha value is -2.74. The summed E-state index contributed by atoms with van der Waals surface area (Å²) in [5.41, 5.74) is 5.34. The number of sulfonamides is 1. The van der Waals surface area contributed by atoms with Crippen LogP contribution in [0.15, 0.2) is 65.7 Å². The third-order valence-corrected chi connectivity index (χ3v) is 7.48. The zero-order chi connectivity index (χ0) is 20.9. The number of rotatable bonds is 3. The Balaban J connectivity index is 1.48. The summed E-state index contributed by atoms with van der Waals surface area (Å²) in [6.45, 7) is 2.61. The Morgan fingerprint density at radius 2 is 1.83 bits per heavy atom. The average molecular weight is 439 g/mol. The highest BCUT2D eigenvalue weighted by atomic mass is 35.5. The van der Waals surface area contributed by atoms with E-state index in [0.717, 1.165) is 33.7 Å². The number of hydrogen-bond acceptors (Lipinski definition) is 4. The first-order valence-corrected chi connectivity index (χ1v) is 11.4. The van der Waals surface area contributed by atoms with Crippen LogP contribution in [0, 0.1) is 6.92 Å². The van der Waals surface area contributed by atoms with Crippen LogP contribution in [0.5, 0.6) is 0 Å². The Morgan fingerprint density at radius 3 is 2.63 bits per heavy atom. The van der Waals surface area contributed by atoms with Crippen molar-refractivity contribution in [2.45, 2.75) is 24.8 Å². The predicted octanol–water partition coefficient (Wildman–Crippen LogP) is 4.11. The van der Waals surface area contributed by atoms with Gasteiger partial charge in [-0.2, -0.15) is 9.40 Å². The Kier molecular flexibility index (Phi) is 4.61. The van der Waals surface area contributed by atoms with E-state index in [1.165, 1.54) is 4.31 Å². The average Bonchev–Trinajstić information content (AvgIpc) is 3.14. The van der Waals surface area contributed by atoms with Crippen molar-refractivity contribution in [3.8, 4) is 11.1 Å². The molecule has 0 saturated carbocycles. The molecular weight excluding hydrogens is 420 g/mol. The Bertz CT molecular complexity index is 1360. The van der Waals surface area contributed by atoms with Gasteiger partial charge < -0.3 is 0 Å². The molecule has 0 aliphatic carbocycles. The van der Waals surface area contributed by atoms with Gasteiger partial charge in [0.2, 0.25) is 10.0 Å². The lowest BCUT2D eigenvalue weighted by Crippen LogP contribution is -2.37. The molecule has 0 amide bonds. The molecule has 1 aliphatic rings. The number of aromatic nitrogens is 3. The van der Waals surface area contributed by atoms with Gasteiger partial charge in [-0.3, -0.25) is 0 Å². The van der Waals surface area contributed by atoms with Gasteiger partial charge in [0.05, 0.1) is 16.3 Å². The molecule has 2 aromatic carbocycles. The molecule has 0 radical (unpaired) electrons. The van der Waals surface area contributed by atoms with Crippen LogP contribution in [0.2, 0.25) is 5.02 Å². The molecule has 0 bridgehead atoms. The fourth-order valence-electron chi connectivity index (χ4n) is 3.86. The van der Waals surface area contributed by atoms with Crippen molar-refractivity contribution < 1.29 is 8.42 Å². The van der Waals surface area contributed by atoms with Crippen molar-refractivity contribution in [1.29, 1.82) is 0 Å². The van der Waals surface area contributed by atoms with Crippen LogP contribution in [0.1, 0.15) is 17.0 Å². The van der Waals surface area contributed by atoms with Gasteiger partial charge in [0, 0.05) is 42.4 Å². The van der Waals surface area contributed by atoms with Crippen molar-refractivity contribution in [1.82, 2.24) is 18.9 Å². The van der Waals surface area contributed by atoms with Crippen molar-refractivity contribution >= 4 is 27.3 Å². The third-order valence-electron chi connectivity index (χ3n) is 5.39. The first kappa shape index (κ1) is 19.2. The molecular formula is C22H19ClN4O2S. The highest BCUT2D eigenvalue weighted by molar-refractivity contribution is 7.89. The molecule has 4 aromatic rings. The highest BCUT2D eigenvalue weighted by Gasteiger charge is 2.30. The second-order valence-corrected chi connectivity index (χ2v) is 9.78. The maximum Gasteiger partial charge on any atom is 0.243 e. The van der Waals surface area contributed by atoms with E-state index in [9.17, 15) is 8.42 Å². The maximum absolute atomic E-state index is 13.4. The third kappa shape index (κ3) is 3.29. The number of nitrogens with zero attached hydrogens (tertiary/aromatic N) is 4. The van der Waals surface area contributed by atoms with Gasteiger partial charge in [-0.15, -0.1) is 0 Å². The molecule has 2 aromatic heterocycles. The molecule has 0 N–H and O–H groups in total. The van der Waals surface area contributed by atoms with E-state index in [0.29, 0.717) is 18.0 Å². The molecule has 30 heavy (non-hydrogen) atoms. The van der Waals surface area contributed by atoms with E-state index >= 15 is 0 Å². The Morgan fingerprint density at radius 1 is 1.03 bits per heavy atom. The van der Waals surface area contributed by atoms with Gasteiger partial charge in [0.1, 0.15) is 0 Å². The fraction of sp³-hybridized carbons (Fsp3) is 0.182. The van der Waals surface area contributed by atoms with E-state index in [1.54, 1.807) is 36.5 Å². The summed E-state index contributed by atoms with van der Waals surface area (Å²) in [5, 5.41) is 5.14. The van der Waals surface area contributed by atoms with Crippen LogP contribution < -0.4 is 0 Å². The molecule has 0 saturated heterocycles. The number of benzene rings is 2. The zero-order valence-corrected chi connectivity index (χ0v) is 17.9. The van der Waals surface area contributed by atoms with Gasteiger partial charge in [-0.1, -0.05) is 35.9 Å². The molecule has 6 nitrogen and oxygen atoms in total. The summed E-state index contributed by atoms with van der Waals surface area (Å²) in [5.74, 6) is 0. The van der Waals surface area contributed by atoms with Crippen molar-refractivity contribution in [3.63, 3.8) is 0 Å². The van der Waals surface area contributed by atoms with E-state index in [2.05, 4.69) is 10.1 Å². The molecule has 5 rings (SSSR count). The fourth-order valence-corrected chi connectivity index (χ4v) is 5.45. The zero-order valence-electron chi connectivity index (χ0n) is 16.3. The minimum absolute atomic E-state index is 0.280. The second-order valence-electron chi connectivity index (χ2n) is 7.41. The molecule has 1 aliphatic heterocycles. The SMILES string of the molecule is Cc1cc2ncc3c(n2n1)CCN(S(=O)(=O)c1cccc(-c2ccc(Cl)cc2)c1)C3. The maximum atomic E-state index is 13.4. The van der Waals surface area contributed by atoms with Crippen molar-refractivity contribution in [3.05, 3.63) is 82.8 Å². The smallest absolute Gasteiger partial charge is 0.237 e. The summed E-state index contributed by atoms with van der Waals surface area (Å²) < 4.78 is 30.1. The van der Waals surface area contributed by atoms with Crippen LogP contribution in [0.4, 0.5) is 0 Å². The minimum atomic E-state index is -3.64. The molecule has 8 heteroatoms. The normalized spacial score (nSPS) is 14.7. The summed E-state index contributed by atoms with van der Waals surface area (Å²) >= 11 is 5.97. The van der Waals surface area contributed by atoms with Gasteiger partial charge >= 0.3 is 0 Å². The Labute approximate surface area is 179 Å². The number of aryl methyl sites for hydroxylation is 1. The topological polar surface area (TPSA) is 67.6 Å². The van der Waals surface area contributed by atoms with Crippen molar-refractivity contribution in [2.75, 3.05) is 6.54 Å². The molecule has 152 valence electrons. The number of halogens is 1. The first-order valence-electron chi connectivity index (χ1n) is 9.61. The molecule has 0 spiro atoms. The van der Waals surface area contributed by atoms with E-state index < -0.39 is 10.0 Å². The van der Waals surface area contributed by atoms with Crippen LogP contribution in [-0.4, -0.2) is 33.9 Å². The van der Waals surface area contributed by atoms with Gasteiger partial charge in [-0.05, 0) is 42.3 Å². The summed E-state index contributed by atoms with van der Waals surface area (Å²) in [4.78, 5) is 4.71. The van der Waals surface area contributed by atoms with E-state index in [1.807, 2.05) is 35.7 Å². The quantitative estimate of drug-likeness (QED) is 0.483. The molecule has 0 fully saturated rings. The van der Waals surface area contributed by atoms with Gasteiger partial charge in [-0.25, -0.2) is 17.9 Å². The van der Waals surface area contributed by atoms with Crippen molar-refractivity contribution in [2.24, 2.45) is 0 Å². The summed E-state index contributed by atoms with van der Waals surface area (Å²) in [6, 6.07) is 16.3. The lowest BCUT2D eigenvalue weighted by atomic mass is 10.1. The van der Waals surface area contributed by atoms with Gasteiger partial charge in [0.25, 0.3) is 0 Å². The highest BCUT2D eigenvalue weighted by Crippen LogP contribution is 2.28. The molecule has 3 heterocycles. The monoisotopic (exact) mass is 438 g/mol. The van der Waals surface area contributed by atoms with E-state index in [-0.39, 0.29) is 11.4 Å². The standard InChI is InChI=1S/C22H19ClN4O2S/c1-15-11-22-24-13-18-14-26(10-9-21(18)27(22)25-15)30(28,29)20-4-2-3-17(12-20)16-5-7-19(23)8-6-16/h2-8,11-13H,9-10,14H2,1H3. The summed E-state index contributed by atoms with van der Waals surface area (Å²) in [7, 11) is -3.64. The van der Waals surface area contributed by atoms with Crippen LogP contribution in [0.3, 0.4) is 0 Å². The second kappa shape index (κ2) is 7.19. The lowest BCUT2D eigenvalue weighted by Gasteiger charge is -2.28. The minimum Gasteiger partial charge on any atom is -0.237 e. The van der Waals surface area contributed by atoms with Crippen LogP contribution >= 0.6 is 11.6 Å². The van der Waals surface area contributed by atoms with Crippen LogP contribution in [-0.2, 0) is 23.0 Å². The number of hydrogen-bond donors (Lipinski definition) is 0. The lowest BCUT2D eigenvalue weighted by molar-refractivity contribution is 0.384. The van der Waals surface area contributed by atoms with E-state index in [4.69, 9.17) is 11.6 Å². The van der Waals surface area contributed by atoms with Crippen LogP contribution in [0.25, 0.3) is 16.8 Å². The van der Waals surface area contributed by atoms with Gasteiger partial charge in [0.15, 0.2) is 5.65 Å².